The normalized spacial score (nSPS) is 18.6. The molecule has 1 atom stereocenters. The van der Waals surface area contributed by atoms with E-state index in [2.05, 4.69) is 43.1 Å². The van der Waals surface area contributed by atoms with E-state index in [1.807, 2.05) is 0 Å². The Balaban J connectivity index is 2.12. The fourth-order valence-corrected chi connectivity index (χ4v) is 2.47. The molecule has 0 aromatic heterocycles. The molecule has 0 fully saturated rings. The van der Waals surface area contributed by atoms with Crippen LogP contribution in [0.1, 0.15) is 79.1 Å². The summed E-state index contributed by atoms with van der Waals surface area (Å²) < 4.78 is 0. The van der Waals surface area contributed by atoms with E-state index >= 15 is 0 Å². The van der Waals surface area contributed by atoms with Gasteiger partial charge in [0.15, 0.2) is 0 Å². The molecule has 1 heterocycles. The summed E-state index contributed by atoms with van der Waals surface area (Å²) in [5.41, 5.74) is 1.23. The first kappa shape index (κ1) is 16.3. The molecule has 0 amide bonds. The van der Waals surface area contributed by atoms with Gasteiger partial charge in [-0.25, -0.2) is 0 Å². The van der Waals surface area contributed by atoms with Crippen LogP contribution in [0.15, 0.2) is 15.4 Å². The Morgan fingerprint density at radius 1 is 0.895 bits per heavy atom. The lowest BCUT2D eigenvalue weighted by molar-refractivity contribution is 0.521. The summed E-state index contributed by atoms with van der Waals surface area (Å²) in [7, 11) is 0. The second-order valence-corrected chi connectivity index (χ2v) is 6.63. The lowest BCUT2D eigenvalue weighted by Gasteiger charge is -2.10. The van der Waals surface area contributed by atoms with Gasteiger partial charge >= 0.3 is 0 Å². The van der Waals surface area contributed by atoms with Crippen LogP contribution in [0.25, 0.3) is 0 Å². The zero-order valence-corrected chi connectivity index (χ0v) is 13.2. The lowest BCUT2D eigenvalue weighted by Crippen LogP contribution is -2.15. The van der Waals surface area contributed by atoms with Gasteiger partial charge in [0.1, 0.15) is 6.04 Å². The predicted octanol–water partition coefficient (Wildman–Crippen LogP) is 5.61. The van der Waals surface area contributed by atoms with Gasteiger partial charge < -0.3 is 0 Å². The molecule has 1 aliphatic heterocycles. The van der Waals surface area contributed by atoms with Crippen molar-refractivity contribution in [2.75, 3.05) is 0 Å². The molecular weight excluding hydrogens is 234 g/mol. The second kappa shape index (κ2) is 9.22. The van der Waals surface area contributed by atoms with Crippen LogP contribution in [-0.4, -0.2) is 11.8 Å². The minimum Gasteiger partial charge on any atom is -0.159 e. The average molecular weight is 265 g/mol. The zero-order chi connectivity index (χ0) is 14.1. The standard InChI is InChI=1S/C16H31N3/c1-13(2)9-6-5-7-11-15-16(18-19-17-15)12-8-10-14(3)4/h13-14,16H,5-12H2,1-4H3. The third-order valence-electron chi connectivity index (χ3n) is 3.72. The van der Waals surface area contributed by atoms with E-state index in [9.17, 15) is 0 Å². The minimum absolute atomic E-state index is 0.295. The van der Waals surface area contributed by atoms with Gasteiger partial charge in [-0.15, -0.1) is 5.10 Å². The smallest absolute Gasteiger partial charge is 0.113 e. The molecule has 3 nitrogen and oxygen atoms in total. The van der Waals surface area contributed by atoms with Crippen molar-refractivity contribution in [2.45, 2.75) is 85.1 Å². The highest BCUT2D eigenvalue weighted by atomic mass is 15.4. The SMILES string of the molecule is CC(C)CCCCCC1=NN=NC1CCCC(C)C. The van der Waals surface area contributed by atoms with Crippen molar-refractivity contribution < 1.29 is 0 Å². The Kier molecular flexibility index (Phi) is 7.92. The van der Waals surface area contributed by atoms with Crippen molar-refractivity contribution in [3.63, 3.8) is 0 Å². The maximum Gasteiger partial charge on any atom is 0.113 e. The molecule has 0 N–H and O–H groups in total. The van der Waals surface area contributed by atoms with Crippen molar-refractivity contribution in [3.8, 4) is 0 Å². The molecule has 0 saturated carbocycles. The highest BCUT2D eigenvalue weighted by Gasteiger charge is 2.19. The summed E-state index contributed by atoms with van der Waals surface area (Å²) in [5.74, 6) is 1.62. The lowest BCUT2D eigenvalue weighted by atomic mass is 9.97. The predicted molar refractivity (Wildman–Crippen MR) is 82.7 cm³/mol. The van der Waals surface area contributed by atoms with Crippen molar-refractivity contribution in [2.24, 2.45) is 27.3 Å². The van der Waals surface area contributed by atoms with Crippen LogP contribution in [0.3, 0.4) is 0 Å². The van der Waals surface area contributed by atoms with Gasteiger partial charge in [-0.05, 0) is 36.3 Å². The highest BCUT2D eigenvalue weighted by molar-refractivity contribution is 5.90. The largest absolute Gasteiger partial charge is 0.159 e. The topological polar surface area (TPSA) is 37.1 Å². The third kappa shape index (κ3) is 7.44. The maximum atomic E-state index is 4.26. The van der Waals surface area contributed by atoms with Crippen molar-refractivity contribution in [1.82, 2.24) is 0 Å². The van der Waals surface area contributed by atoms with Crippen LogP contribution in [-0.2, 0) is 0 Å². The molecule has 19 heavy (non-hydrogen) atoms. The first-order valence-electron chi connectivity index (χ1n) is 8.06. The van der Waals surface area contributed by atoms with E-state index in [1.165, 1.54) is 44.2 Å². The van der Waals surface area contributed by atoms with Crippen molar-refractivity contribution in [3.05, 3.63) is 0 Å². The minimum atomic E-state index is 0.295. The molecule has 3 heteroatoms. The second-order valence-electron chi connectivity index (χ2n) is 6.63. The monoisotopic (exact) mass is 265 g/mol. The van der Waals surface area contributed by atoms with E-state index in [-0.39, 0.29) is 0 Å². The first-order valence-corrected chi connectivity index (χ1v) is 8.06. The average Bonchev–Trinajstić information content (AvgIpc) is 2.75. The van der Waals surface area contributed by atoms with Gasteiger partial charge in [0, 0.05) is 0 Å². The van der Waals surface area contributed by atoms with Crippen molar-refractivity contribution in [1.29, 1.82) is 0 Å². The number of hydrogen-bond donors (Lipinski definition) is 0. The quantitative estimate of drug-likeness (QED) is 0.460. The molecule has 0 radical (unpaired) electrons. The summed E-state index contributed by atoms with van der Waals surface area (Å²) in [6.45, 7) is 9.15. The molecule has 0 bridgehead atoms. The number of rotatable bonds is 10. The molecule has 1 unspecified atom stereocenters. The number of unbranched alkanes of at least 4 members (excludes halogenated alkanes) is 2. The summed E-state index contributed by atoms with van der Waals surface area (Å²) in [6.07, 6.45) is 10.0. The van der Waals surface area contributed by atoms with E-state index in [4.69, 9.17) is 0 Å². The van der Waals surface area contributed by atoms with E-state index in [0.717, 1.165) is 24.7 Å². The fraction of sp³-hybridized carbons (Fsp3) is 0.938. The molecule has 0 aromatic carbocycles. The van der Waals surface area contributed by atoms with Crippen LogP contribution in [0.5, 0.6) is 0 Å². The molecule has 0 aliphatic carbocycles. The van der Waals surface area contributed by atoms with Crippen LogP contribution in [0.2, 0.25) is 0 Å². The van der Waals surface area contributed by atoms with Crippen LogP contribution in [0, 0.1) is 11.8 Å². The first-order chi connectivity index (χ1) is 9.09. The molecule has 0 saturated heterocycles. The van der Waals surface area contributed by atoms with Crippen molar-refractivity contribution >= 4 is 5.71 Å². The molecule has 0 aromatic rings. The van der Waals surface area contributed by atoms with Gasteiger partial charge in [0.2, 0.25) is 0 Å². The Bertz CT molecular complexity index is 292. The van der Waals surface area contributed by atoms with Gasteiger partial charge in [0.05, 0.1) is 5.71 Å². The number of hydrogen-bond acceptors (Lipinski definition) is 3. The van der Waals surface area contributed by atoms with Crippen LogP contribution >= 0.6 is 0 Å². The third-order valence-corrected chi connectivity index (χ3v) is 3.72. The molecule has 1 aliphatic rings. The van der Waals surface area contributed by atoms with Gasteiger partial charge in [-0.1, -0.05) is 59.8 Å². The Morgan fingerprint density at radius 2 is 1.58 bits per heavy atom. The summed E-state index contributed by atoms with van der Waals surface area (Å²) >= 11 is 0. The molecule has 1 rings (SSSR count). The van der Waals surface area contributed by atoms with Gasteiger partial charge in [0.25, 0.3) is 0 Å². The van der Waals surface area contributed by atoms with Gasteiger partial charge in [-0.2, -0.15) is 5.11 Å². The number of nitrogens with zero attached hydrogens (tertiary/aromatic N) is 3. The molecule has 110 valence electrons. The summed E-state index contributed by atoms with van der Waals surface area (Å²) in [6, 6.07) is 0.295. The maximum absolute atomic E-state index is 4.26. The van der Waals surface area contributed by atoms with Crippen LogP contribution in [0.4, 0.5) is 0 Å². The fourth-order valence-electron chi connectivity index (χ4n) is 2.47. The summed E-state index contributed by atoms with van der Waals surface area (Å²) in [4.78, 5) is 0. The van der Waals surface area contributed by atoms with Crippen LogP contribution < -0.4 is 0 Å². The Hall–Kier alpha value is -0.730. The molecular formula is C16H31N3. The Morgan fingerprint density at radius 3 is 2.26 bits per heavy atom. The summed E-state index contributed by atoms with van der Waals surface area (Å²) in [5, 5.41) is 12.4. The zero-order valence-electron chi connectivity index (χ0n) is 13.2. The molecule has 0 spiro atoms. The highest BCUT2D eigenvalue weighted by Crippen LogP contribution is 2.19. The Labute approximate surface area is 119 Å². The van der Waals surface area contributed by atoms with E-state index in [0.29, 0.717) is 6.04 Å². The van der Waals surface area contributed by atoms with E-state index < -0.39 is 0 Å². The van der Waals surface area contributed by atoms with Gasteiger partial charge in [-0.3, -0.25) is 0 Å². The van der Waals surface area contributed by atoms with E-state index in [1.54, 1.807) is 0 Å².